The van der Waals surface area contributed by atoms with Gasteiger partial charge in [0.05, 0.1) is 5.56 Å². The largest absolute Gasteiger partial charge is 0.384 e. The van der Waals surface area contributed by atoms with E-state index in [2.05, 4.69) is 4.98 Å². The van der Waals surface area contributed by atoms with Crippen LogP contribution in [0.25, 0.3) is 0 Å². The first-order valence-corrected chi connectivity index (χ1v) is 5.70. The van der Waals surface area contributed by atoms with Gasteiger partial charge in [-0.15, -0.1) is 0 Å². The molecule has 18 heavy (non-hydrogen) atoms. The number of para-hydroxylation sites is 1. The molecule has 1 aromatic heterocycles. The van der Waals surface area contributed by atoms with Crippen molar-refractivity contribution in [3.05, 3.63) is 53.7 Å². The molecular weight excluding hydrogens is 224 g/mol. The van der Waals surface area contributed by atoms with Crippen LogP contribution in [0.3, 0.4) is 0 Å². The Kier molecular flexibility index (Phi) is 3.28. The molecule has 0 radical (unpaired) electrons. The molecule has 0 amide bonds. The second kappa shape index (κ2) is 4.87. The Morgan fingerprint density at radius 2 is 1.89 bits per heavy atom. The minimum atomic E-state index is 0.0402. The number of pyridine rings is 1. The number of benzene rings is 1. The van der Waals surface area contributed by atoms with Gasteiger partial charge in [-0.1, -0.05) is 18.2 Å². The number of nitrogens with one attached hydrogen (secondary N) is 1. The highest BCUT2D eigenvalue weighted by molar-refractivity contribution is 6.01. The van der Waals surface area contributed by atoms with E-state index in [9.17, 15) is 0 Å². The summed E-state index contributed by atoms with van der Waals surface area (Å²) >= 11 is 0. The van der Waals surface area contributed by atoms with Gasteiger partial charge < -0.3 is 10.6 Å². The molecule has 92 valence electrons. The number of aromatic nitrogens is 1. The lowest BCUT2D eigenvalue weighted by Gasteiger charge is -2.21. The number of nitrogens with zero attached hydrogens (tertiary/aromatic N) is 2. The first kappa shape index (κ1) is 12.1. The van der Waals surface area contributed by atoms with Crippen LogP contribution in [0.4, 0.5) is 11.5 Å². The maximum Gasteiger partial charge on any atom is 0.143 e. The van der Waals surface area contributed by atoms with Crippen LogP contribution >= 0.6 is 0 Å². The minimum absolute atomic E-state index is 0.0402. The van der Waals surface area contributed by atoms with Crippen LogP contribution in [0.1, 0.15) is 11.1 Å². The van der Waals surface area contributed by atoms with Crippen molar-refractivity contribution in [3.8, 4) is 0 Å². The molecule has 0 atom stereocenters. The van der Waals surface area contributed by atoms with Crippen molar-refractivity contribution in [1.82, 2.24) is 4.98 Å². The Morgan fingerprint density at radius 1 is 1.22 bits per heavy atom. The number of nitrogens with two attached hydrogens (primary N) is 1. The summed E-state index contributed by atoms with van der Waals surface area (Å²) in [6, 6.07) is 11.7. The van der Waals surface area contributed by atoms with Gasteiger partial charge in [0.15, 0.2) is 0 Å². The summed E-state index contributed by atoms with van der Waals surface area (Å²) in [7, 11) is 1.92. The Hall–Kier alpha value is -2.36. The molecule has 0 spiro atoms. The van der Waals surface area contributed by atoms with Gasteiger partial charge in [0.1, 0.15) is 11.7 Å². The molecule has 4 heteroatoms. The molecule has 0 aliphatic carbocycles. The highest BCUT2D eigenvalue weighted by atomic mass is 15.2. The van der Waals surface area contributed by atoms with E-state index >= 15 is 0 Å². The summed E-state index contributed by atoms with van der Waals surface area (Å²) in [6.07, 6.45) is 1.73. The van der Waals surface area contributed by atoms with E-state index in [-0.39, 0.29) is 5.84 Å². The second-order valence-corrected chi connectivity index (χ2v) is 4.13. The Labute approximate surface area is 107 Å². The quantitative estimate of drug-likeness (QED) is 0.639. The zero-order chi connectivity index (χ0) is 13.1. The van der Waals surface area contributed by atoms with E-state index in [0.717, 1.165) is 11.3 Å². The molecule has 0 fully saturated rings. The molecular formula is C14H16N4. The van der Waals surface area contributed by atoms with Crippen molar-refractivity contribution in [2.45, 2.75) is 6.92 Å². The van der Waals surface area contributed by atoms with Crippen LogP contribution in [-0.4, -0.2) is 17.9 Å². The minimum Gasteiger partial charge on any atom is -0.384 e. The van der Waals surface area contributed by atoms with Gasteiger partial charge in [-0.05, 0) is 30.7 Å². The number of hydrogen-bond donors (Lipinski definition) is 2. The molecule has 4 nitrogen and oxygen atoms in total. The molecule has 0 bridgehead atoms. The highest BCUT2D eigenvalue weighted by Gasteiger charge is 2.14. The van der Waals surface area contributed by atoms with Gasteiger partial charge >= 0.3 is 0 Å². The third-order valence-electron chi connectivity index (χ3n) is 2.87. The Balaban J connectivity index is 2.52. The van der Waals surface area contributed by atoms with Crippen molar-refractivity contribution in [2.24, 2.45) is 5.73 Å². The average molecular weight is 240 g/mol. The SMILES string of the molecule is Cc1ccnc(N(C)c2ccccc2)c1C(=N)N. The van der Waals surface area contributed by atoms with Crippen molar-refractivity contribution in [2.75, 3.05) is 11.9 Å². The number of hydrogen-bond acceptors (Lipinski definition) is 3. The first-order chi connectivity index (χ1) is 8.61. The average Bonchev–Trinajstić information content (AvgIpc) is 2.38. The third-order valence-corrected chi connectivity index (χ3v) is 2.87. The van der Waals surface area contributed by atoms with E-state index in [4.69, 9.17) is 11.1 Å². The lowest BCUT2D eigenvalue weighted by atomic mass is 10.1. The summed E-state index contributed by atoms with van der Waals surface area (Å²) in [5, 5.41) is 7.68. The number of rotatable bonds is 3. The van der Waals surface area contributed by atoms with E-state index in [1.54, 1.807) is 6.20 Å². The molecule has 0 saturated carbocycles. The van der Waals surface area contributed by atoms with Crippen LogP contribution in [0, 0.1) is 12.3 Å². The van der Waals surface area contributed by atoms with Crippen LogP contribution < -0.4 is 10.6 Å². The third kappa shape index (κ3) is 2.18. The molecule has 1 aromatic carbocycles. The monoisotopic (exact) mass is 240 g/mol. The van der Waals surface area contributed by atoms with Gasteiger partial charge in [-0.3, -0.25) is 5.41 Å². The fourth-order valence-electron chi connectivity index (χ4n) is 1.90. The van der Waals surface area contributed by atoms with E-state index in [1.165, 1.54) is 0 Å². The second-order valence-electron chi connectivity index (χ2n) is 4.13. The normalized spacial score (nSPS) is 10.1. The summed E-state index contributed by atoms with van der Waals surface area (Å²) in [5.41, 5.74) is 8.30. The van der Waals surface area contributed by atoms with E-state index in [0.29, 0.717) is 11.4 Å². The molecule has 0 saturated heterocycles. The molecule has 0 aliphatic rings. The van der Waals surface area contributed by atoms with Crippen molar-refractivity contribution in [3.63, 3.8) is 0 Å². The Bertz CT molecular complexity index is 563. The topological polar surface area (TPSA) is 66.0 Å². The van der Waals surface area contributed by atoms with Gasteiger partial charge in [0, 0.05) is 18.9 Å². The number of nitrogen functional groups attached to an aromatic ring is 1. The lowest BCUT2D eigenvalue weighted by Crippen LogP contribution is -2.21. The zero-order valence-corrected chi connectivity index (χ0v) is 10.5. The highest BCUT2D eigenvalue weighted by Crippen LogP contribution is 2.26. The first-order valence-electron chi connectivity index (χ1n) is 5.70. The maximum absolute atomic E-state index is 7.68. The van der Waals surface area contributed by atoms with Gasteiger partial charge in [-0.2, -0.15) is 0 Å². The molecule has 2 rings (SSSR count). The number of amidine groups is 1. The van der Waals surface area contributed by atoms with E-state index in [1.807, 2.05) is 55.3 Å². The summed E-state index contributed by atoms with van der Waals surface area (Å²) < 4.78 is 0. The standard InChI is InChI=1S/C14H16N4/c1-10-8-9-17-14(12(10)13(15)16)18(2)11-6-4-3-5-7-11/h3-9H,1-2H3,(H3,15,16). The predicted octanol–water partition coefficient (Wildman–Crippen LogP) is 2.44. The predicted molar refractivity (Wildman–Crippen MR) is 74.5 cm³/mol. The van der Waals surface area contributed by atoms with Gasteiger partial charge in [0.25, 0.3) is 0 Å². The molecule has 0 unspecified atom stereocenters. The zero-order valence-electron chi connectivity index (χ0n) is 10.5. The lowest BCUT2D eigenvalue weighted by molar-refractivity contribution is 1.11. The van der Waals surface area contributed by atoms with Crippen LogP contribution in [-0.2, 0) is 0 Å². The van der Waals surface area contributed by atoms with E-state index < -0.39 is 0 Å². The summed E-state index contributed by atoms with van der Waals surface area (Å²) in [6.45, 7) is 1.93. The van der Waals surface area contributed by atoms with Crippen molar-refractivity contribution < 1.29 is 0 Å². The smallest absolute Gasteiger partial charge is 0.143 e. The number of aryl methyl sites for hydroxylation is 1. The van der Waals surface area contributed by atoms with Crippen LogP contribution in [0.15, 0.2) is 42.6 Å². The maximum atomic E-state index is 7.68. The van der Waals surface area contributed by atoms with Crippen LogP contribution in [0.5, 0.6) is 0 Å². The molecule has 3 N–H and O–H groups in total. The van der Waals surface area contributed by atoms with Crippen molar-refractivity contribution in [1.29, 1.82) is 5.41 Å². The number of anilines is 2. The summed E-state index contributed by atoms with van der Waals surface area (Å²) in [4.78, 5) is 6.28. The van der Waals surface area contributed by atoms with Gasteiger partial charge in [-0.25, -0.2) is 4.98 Å². The fourth-order valence-corrected chi connectivity index (χ4v) is 1.90. The fraction of sp³-hybridized carbons (Fsp3) is 0.143. The Morgan fingerprint density at radius 3 is 2.50 bits per heavy atom. The molecule has 0 aliphatic heterocycles. The molecule has 2 aromatic rings. The molecule has 1 heterocycles. The van der Waals surface area contributed by atoms with Crippen LogP contribution in [0.2, 0.25) is 0 Å². The van der Waals surface area contributed by atoms with Gasteiger partial charge in [0.2, 0.25) is 0 Å². The van der Waals surface area contributed by atoms with Crippen molar-refractivity contribution >= 4 is 17.3 Å². The summed E-state index contributed by atoms with van der Waals surface area (Å²) in [5.74, 6) is 0.743.